The van der Waals surface area contributed by atoms with Gasteiger partial charge in [0, 0.05) is 19.5 Å². The maximum atomic E-state index is 13.2. The smallest absolute Gasteiger partial charge is 0.326 e. The number of esters is 1. The molecule has 1 aliphatic heterocycles. The highest BCUT2D eigenvalue weighted by molar-refractivity contribution is 5.85. The van der Waals surface area contributed by atoms with E-state index in [1.165, 1.54) is 29.2 Å². The Labute approximate surface area is 207 Å². The Morgan fingerprint density at radius 1 is 1.09 bits per heavy atom. The van der Waals surface area contributed by atoms with E-state index in [-0.39, 0.29) is 31.6 Å². The summed E-state index contributed by atoms with van der Waals surface area (Å²) in [4.78, 5) is 43.7. The number of nitrogens with zero attached hydrogens (tertiary/aromatic N) is 2. The number of amides is 1. The monoisotopic (exact) mass is 490 g/mol. The maximum Gasteiger partial charge on any atom is 0.326 e. The van der Waals surface area contributed by atoms with Crippen molar-refractivity contribution >= 4 is 17.8 Å². The highest BCUT2D eigenvalue weighted by Gasteiger charge is 2.42. The standard InChI is InChI=1S/C26H38N2O7/c1-2-25(30)34-19-35-27(14-9-15-33-22-12-7-4-8-13-22)18-24(29)28-17-21(16-23(28)26(31)32)20-10-5-3-6-11-20/h4,7-8,12-13,20-21,23H,2-3,5-6,9-11,14-19H2,1H3,(H,31,32). The molecule has 0 radical (unpaired) electrons. The Morgan fingerprint density at radius 2 is 1.83 bits per heavy atom. The van der Waals surface area contributed by atoms with Crippen LogP contribution in [0.15, 0.2) is 30.3 Å². The molecule has 1 amide bonds. The van der Waals surface area contributed by atoms with Gasteiger partial charge in [0.1, 0.15) is 18.3 Å². The lowest BCUT2D eigenvalue weighted by molar-refractivity contribution is -0.225. The molecule has 2 unspecified atom stereocenters. The van der Waals surface area contributed by atoms with Crippen LogP contribution in [0.2, 0.25) is 0 Å². The number of para-hydroxylation sites is 1. The van der Waals surface area contributed by atoms with Crippen LogP contribution >= 0.6 is 0 Å². The molecule has 3 rings (SSSR count). The fourth-order valence-electron chi connectivity index (χ4n) is 4.97. The maximum absolute atomic E-state index is 13.2. The van der Waals surface area contributed by atoms with Gasteiger partial charge in [-0.2, -0.15) is 5.06 Å². The van der Waals surface area contributed by atoms with Crippen LogP contribution in [0.3, 0.4) is 0 Å². The van der Waals surface area contributed by atoms with E-state index in [0.717, 1.165) is 18.6 Å². The molecule has 1 aliphatic carbocycles. The third kappa shape index (κ3) is 8.50. The van der Waals surface area contributed by atoms with Gasteiger partial charge < -0.3 is 19.5 Å². The minimum Gasteiger partial charge on any atom is -0.494 e. The predicted molar refractivity (Wildman–Crippen MR) is 128 cm³/mol. The number of carbonyl (C=O) groups excluding carboxylic acids is 2. The molecule has 0 spiro atoms. The van der Waals surface area contributed by atoms with Crippen molar-refractivity contribution in [2.24, 2.45) is 11.8 Å². The molecule has 35 heavy (non-hydrogen) atoms. The molecule has 0 bridgehead atoms. The van der Waals surface area contributed by atoms with Gasteiger partial charge in [0.25, 0.3) is 0 Å². The Bertz CT molecular complexity index is 813. The third-order valence-corrected chi connectivity index (χ3v) is 6.87. The van der Waals surface area contributed by atoms with Gasteiger partial charge >= 0.3 is 11.9 Å². The number of hydrogen-bond acceptors (Lipinski definition) is 7. The fourth-order valence-corrected chi connectivity index (χ4v) is 4.97. The zero-order valence-corrected chi connectivity index (χ0v) is 20.6. The molecule has 2 atom stereocenters. The molecule has 0 aromatic heterocycles. The van der Waals surface area contributed by atoms with Gasteiger partial charge in [-0.3, -0.25) is 14.4 Å². The van der Waals surface area contributed by atoms with Gasteiger partial charge in [-0.05, 0) is 36.8 Å². The number of rotatable bonds is 13. The number of hydrogen-bond donors (Lipinski definition) is 1. The molecule has 9 nitrogen and oxygen atoms in total. The van der Waals surface area contributed by atoms with Crippen LogP contribution in [0.1, 0.15) is 58.3 Å². The van der Waals surface area contributed by atoms with Crippen LogP contribution in [-0.4, -0.2) is 72.0 Å². The van der Waals surface area contributed by atoms with Crippen LogP contribution in [0.4, 0.5) is 0 Å². The third-order valence-electron chi connectivity index (χ3n) is 6.87. The van der Waals surface area contributed by atoms with Crippen molar-refractivity contribution in [1.82, 2.24) is 9.96 Å². The average molecular weight is 491 g/mol. The van der Waals surface area contributed by atoms with Gasteiger partial charge in [0.05, 0.1) is 6.61 Å². The predicted octanol–water partition coefficient (Wildman–Crippen LogP) is 3.48. The second kappa shape index (κ2) is 14.0. The van der Waals surface area contributed by atoms with Crippen molar-refractivity contribution in [3.05, 3.63) is 30.3 Å². The molecule has 2 fully saturated rings. The van der Waals surface area contributed by atoms with Crippen molar-refractivity contribution in [2.45, 2.75) is 64.3 Å². The number of carbonyl (C=O) groups is 3. The first-order valence-electron chi connectivity index (χ1n) is 12.7. The number of benzene rings is 1. The molecule has 1 N–H and O–H groups in total. The van der Waals surface area contributed by atoms with E-state index in [1.807, 2.05) is 30.3 Å². The molecule has 1 heterocycles. The Morgan fingerprint density at radius 3 is 2.51 bits per heavy atom. The highest BCUT2D eigenvalue weighted by atomic mass is 16.8. The molecular formula is C26H38N2O7. The number of aliphatic carboxylic acids is 1. The van der Waals surface area contributed by atoms with E-state index in [4.69, 9.17) is 14.3 Å². The van der Waals surface area contributed by atoms with Crippen molar-refractivity contribution < 1.29 is 33.8 Å². The molecular weight excluding hydrogens is 452 g/mol. The lowest BCUT2D eigenvalue weighted by atomic mass is 9.79. The van der Waals surface area contributed by atoms with E-state index in [2.05, 4.69) is 0 Å². The zero-order valence-electron chi connectivity index (χ0n) is 20.6. The second-order valence-corrected chi connectivity index (χ2v) is 9.29. The molecule has 2 aliphatic rings. The normalized spacial score (nSPS) is 20.7. The summed E-state index contributed by atoms with van der Waals surface area (Å²) >= 11 is 0. The lowest BCUT2D eigenvalue weighted by Crippen LogP contribution is -2.46. The number of likely N-dealkylation sites (tertiary alicyclic amines) is 1. The summed E-state index contributed by atoms with van der Waals surface area (Å²) in [6.07, 6.45) is 7.10. The van der Waals surface area contributed by atoms with Gasteiger partial charge in [-0.1, -0.05) is 57.2 Å². The molecule has 1 aromatic rings. The minimum absolute atomic E-state index is 0.115. The second-order valence-electron chi connectivity index (χ2n) is 9.29. The topological polar surface area (TPSA) is 106 Å². The summed E-state index contributed by atoms with van der Waals surface area (Å²) in [5, 5.41) is 11.2. The van der Waals surface area contributed by atoms with Gasteiger partial charge in [-0.25, -0.2) is 4.79 Å². The van der Waals surface area contributed by atoms with Crippen molar-refractivity contribution in [1.29, 1.82) is 0 Å². The molecule has 1 saturated carbocycles. The minimum atomic E-state index is -0.961. The van der Waals surface area contributed by atoms with Crippen LogP contribution in [0.25, 0.3) is 0 Å². The molecule has 9 heteroatoms. The first-order valence-corrected chi connectivity index (χ1v) is 12.7. The SMILES string of the molecule is CCC(=O)OCON(CCCOc1ccccc1)CC(=O)N1CC(C2CCCCC2)CC1C(=O)O. The van der Waals surface area contributed by atoms with Crippen LogP contribution in [0.5, 0.6) is 5.75 Å². The van der Waals surface area contributed by atoms with E-state index in [0.29, 0.717) is 38.5 Å². The van der Waals surface area contributed by atoms with E-state index < -0.39 is 18.0 Å². The largest absolute Gasteiger partial charge is 0.494 e. The molecule has 1 saturated heterocycles. The summed E-state index contributed by atoms with van der Waals surface area (Å²) in [6, 6.07) is 8.61. The average Bonchev–Trinajstić information content (AvgIpc) is 3.34. The quantitative estimate of drug-likeness (QED) is 0.194. The van der Waals surface area contributed by atoms with E-state index in [9.17, 15) is 19.5 Å². The van der Waals surface area contributed by atoms with Crippen molar-refractivity contribution in [3.8, 4) is 5.75 Å². The first kappa shape index (κ1) is 26.9. The highest BCUT2D eigenvalue weighted by Crippen LogP contribution is 2.37. The molecule has 194 valence electrons. The number of carboxylic acids is 1. The molecule has 1 aromatic carbocycles. The number of carboxylic acid groups (broad SMARTS) is 1. The van der Waals surface area contributed by atoms with E-state index in [1.54, 1.807) is 6.92 Å². The van der Waals surface area contributed by atoms with Crippen molar-refractivity contribution in [2.75, 3.05) is 33.0 Å². The van der Waals surface area contributed by atoms with E-state index >= 15 is 0 Å². The van der Waals surface area contributed by atoms with Crippen LogP contribution in [0, 0.1) is 11.8 Å². The van der Waals surface area contributed by atoms with Crippen LogP contribution in [-0.2, 0) is 24.0 Å². The lowest BCUT2D eigenvalue weighted by Gasteiger charge is -2.28. The Kier molecular flexibility index (Phi) is 10.8. The van der Waals surface area contributed by atoms with Crippen LogP contribution < -0.4 is 4.74 Å². The van der Waals surface area contributed by atoms with Gasteiger partial charge in [0.2, 0.25) is 12.7 Å². The summed E-state index contributed by atoms with van der Waals surface area (Å²) in [5.74, 6) is -0.190. The van der Waals surface area contributed by atoms with Crippen molar-refractivity contribution in [3.63, 3.8) is 0 Å². The fraction of sp³-hybridized carbons (Fsp3) is 0.654. The summed E-state index contributed by atoms with van der Waals surface area (Å²) in [6.45, 7) is 2.52. The summed E-state index contributed by atoms with van der Waals surface area (Å²) in [5.41, 5.74) is 0. The first-order chi connectivity index (χ1) is 17.0. The number of ether oxygens (including phenoxy) is 2. The van der Waals surface area contributed by atoms with Gasteiger partial charge in [-0.15, -0.1) is 0 Å². The Hall–Kier alpha value is -2.65. The van der Waals surface area contributed by atoms with Gasteiger partial charge in [0.15, 0.2) is 0 Å². The number of hydroxylamine groups is 2. The Balaban J connectivity index is 1.56. The summed E-state index contributed by atoms with van der Waals surface area (Å²) in [7, 11) is 0. The summed E-state index contributed by atoms with van der Waals surface area (Å²) < 4.78 is 10.7. The zero-order chi connectivity index (χ0) is 25.0.